The molecule has 0 atom stereocenters. The van der Waals surface area contributed by atoms with Gasteiger partial charge in [0.15, 0.2) is 0 Å². The molecule has 0 radical (unpaired) electrons. The van der Waals surface area contributed by atoms with Crippen LogP contribution >= 0.6 is 0 Å². The van der Waals surface area contributed by atoms with E-state index < -0.39 is 0 Å². The molecule has 0 aliphatic carbocycles. The summed E-state index contributed by atoms with van der Waals surface area (Å²) in [5.41, 5.74) is 1.10. The van der Waals surface area contributed by atoms with Crippen LogP contribution in [0.15, 0.2) is 6.20 Å². The van der Waals surface area contributed by atoms with Gasteiger partial charge in [0.25, 0.3) is 0 Å². The molecule has 1 N–H and O–H groups in total. The molecule has 0 aromatic carbocycles. The lowest BCUT2D eigenvalue weighted by Gasteiger charge is -2.07. The van der Waals surface area contributed by atoms with Crippen molar-refractivity contribution >= 4 is 5.95 Å². The van der Waals surface area contributed by atoms with Gasteiger partial charge in [-0.25, -0.2) is 4.98 Å². The van der Waals surface area contributed by atoms with Crippen molar-refractivity contribution in [1.29, 1.82) is 0 Å². The van der Waals surface area contributed by atoms with Gasteiger partial charge < -0.3 is 9.88 Å². The Balaban J connectivity index is 2.01. The first-order valence-electron chi connectivity index (χ1n) is 8.05. The Labute approximate surface area is 118 Å². The van der Waals surface area contributed by atoms with E-state index in [-0.39, 0.29) is 0 Å². The maximum absolute atomic E-state index is 4.50. The topological polar surface area (TPSA) is 29.9 Å². The van der Waals surface area contributed by atoms with E-state index in [1.807, 2.05) is 6.92 Å². The Bertz CT molecular complexity index is 331. The second kappa shape index (κ2) is 9.88. The highest BCUT2D eigenvalue weighted by Gasteiger charge is 2.02. The molecule has 3 heteroatoms. The molecule has 0 unspecified atom stereocenters. The van der Waals surface area contributed by atoms with E-state index in [4.69, 9.17) is 0 Å². The Kier molecular flexibility index (Phi) is 8.35. The van der Waals surface area contributed by atoms with Gasteiger partial charge in [-0.15, -0.1) is 0 Å². The molecule has 110 valence electrons. The standard InChI is InChI=1S/C16H31N3/c1-4-6-7-8-9-10-11-12-13-17-16-18-15(3)14-19(16)5-2/h14H,4-13H2,1-3H3,(H,17,18). The molecule has 3 nitrogen and oxygen atoms in total. The predicted molar refractivity (Wildman–Crippen MR) is 83.7 cm³/mol. The summed E-state index contributed by atoms with van der Waals surface area (Å²) in [5.74, 6) is 1.03. The highest BCUT2D eigenvalue weighted by atomic mass is 15.2. The van der Waals surface area contributed by atoms with Crippen LogP contribution in [0.5, 0.6) is 0 Å². The Hall–Kier alpha value is -0.990. The van der Waals surface area contributed by atoms with Gasteiger partial charge in [0.2, 0.25) is 5.95 Å². The average molecular weight is 265 g/mol. The molecule has 0 bridgehead atoms. The Morgan fingerprint density at radius 2 is 1.63 bits per heavy atom. The SMILES string of the molecule is CCCCCCCCCCNc1nc(C)cn1CC. The average Bonchev–Trinajstić information content (AvgIpc) is 2.77. The number of aromatic nitrogens is 2. The van der Waals surface area contributed by atoms with Crippen molar-refractivity contribution in [2.45, 2.75) is 78.7 Å². The maximum Gasteiger partial charge on any atom is 0.203 e. The molecular formula is C16H31N3. The molecule has 19 heavy (non-hydrogen) atoms. The molecule has 0 spiro atoms. The van der Waals surface area contributed by atoms with Gasteiger partial charge in [-0.05, 0) is 20.3 Å². The van der Waals surface area contributed by atoms with E-state index in [2.05, 4.69) is 34.9 Å². The number of hydrogen-bond donors (Lipinski definition) is 1. The maximum atomic E-state index is 4.50. The zero-order valence-electron chi connectivity index (χ0n) is 13.0. The molecular weight excluding hydrogens is 234 g/mol. The Morgan fingerprint density at radius 1 is 1.00 bits per heavy atom. The molecule has 0 saturated heterocycles. The fourth-order valence-corrected chi connectivity index (χ4v) is 2.39. The van der Waals surface area contributed by atoms with Crippen LogP contribution in [0.4, 0.5) is 5.95 Å². The number of rotatable bonds is 11. The molecule has 1 heterocycles. The lowest BCUT2D eigenvalue weighted by molar-refractivity contribution is 0.580. The van der Waals surface area contributed by atoms with Crippen LogP contribution < -0.4 is 5.32 Å². The van der Waals surface area contributed by atoms with Gasteiger partial charge >= 0.3 is 0 Å². The smallest absolute Gasteiger partial charge is 0.203 e. The van der Waals surface area contributed by atoms with Crippen LogP contribution in [0, 0.1) is 6.92 Å². The van der Waals surface area contributed by atoms with Gasteiger partial charge in [-0.1, -0.05) is 51.9 Å². The van der Waals surface area contributed by atoms with E-state index in [1.54, 1.807) is 0 Å². The summed E-state index contributed by atoms with van der Waals surface area (Å²) in [6.07, 6.45) is 13.1. The first kappa shape index (κ1) is 16.1. The van der Waals surface area contributed by atoms with Crippen LogP contribution in [0.2, 0.25) is 0 Å². The van der Waals surface area contributed by atoms with Crippen molar-refractivity contribution in [3.8, 4) is 0 Å². The third kappa shape index (κ3) is 6.65. The molecule has 0 aliphatic heterocycles. The highest BCUT2D eigenvalue weighted by molar-refractivity contribution is 5.28. The molecule has 0 fully saturated rings. The number of imidazole rings is 1. The summed E-state index contributed by atoms with van der Waals surface area (Å²) in [6, 6.07) is 0. The number of unbranched alkanes of at least 4 members (excludes halogenated alkanes) is 7. The summed E-state index contributed by atoms with van der Waals surface area (Å²) < 4.78 is 2.18. The minimum absolute atomic E-state index is 0.987. The molecule has 1 rings (SSSR count). The lowest BCUT2D eigenvalue weighted by Crippen LogP contribution is -2.07. The third-order valence-electron chi connectivity index (χ3n) is 3.55. The van der Waals surface area contributed by atoms with Crippen molar-refractivity contribution in [2.24, 2.45) is 0 Å². The zero-order valence-corrected chi connectivity index (χ0v) is 13.0. The summed E-state index contributed by atoms with van der Waals surface area (Å²) >= 11 is 0. The normalized spacial score (nSPS) is 10.9. The molecule has 0 amide bonds. The van der Waals surface area contributed by atoms with Crippen molar-refractivity contribution in [2.75, 3.05) is 11.9 Å². The second-order valence-corrected chi connectivity index (χ2v) is 5.39. The quantitative estimate of drug-likeness (QED) is 0.584. The number of anilines is 1. The fraction of sp³-hybridized carbons (Fsp3) is 0.812. The summed E-state index contributed by atoms with van der Waals surface area (Å²) in [5, 5.41) is 3.45. The fourth-order valence-electron chi connectivity index (χ4n) is 2.39. The van der Waals surface area contributed by atoms with Gasteiger partial charge in [-0.3, -0.25) is 0 Å². The molecule has 1 aromatic heterocycles. The van der Waals surface area contributed by atoms with Crippen LogP contribution in [0.25, 0.3) is 0 Å². The van der Waals surface area contributed by atoms with Crippen molar-refractivity contribution in [1.82, 2.24) is 9.55 Å². The van der Waals surface area contributed by atoms with E-state index in [0.29, 0.717) is 0 Å². The van der Waals surface area contributed by atoms with Crippen LogP contribution in [0.1, 0.15) is 70.9 Å². The van der Waals surface area contributed by atoms with Gasteiger partial charge in [0.1, 0.15) is 0 Å². The second-order valence-electron chi connectivity index (χ2n) is 5.39. The summed E-state index contributed by atoms with van der Waals surface area (Å²) in [7, 11) is 0. The van der Waals surface area contributed by atoms with Crippen LogP contribution in [-0.4, -0.2) is 16.1 Å². The zero-order chi connectivity index (χ0) is 13.9. The summed E-state index contributed by atoms with van der Waals surface area (Å²) in [6.45, 7) is 8.51. The monoisotopic (exact) mass is 265 g/mol. The van der Waals surface area contributed by atoms with E-state index in [9.17, 15) is 0 Å². The lowest BCUT2D eigenvalue weighted by atomic mass is 10.1. The van der Waals surface area contributed by atoms with E-state index in [0.717, 1.165) is 24.7 Å². The van der Waals surface area contributed by atoms with Gasteiger partial charge in [-0.2, -0.15) is 0 Å². The highest BCUT2D eigenvalue weighted by Crippen LogP contribution is 2.10. The van der Waals surface area contributed by atoms with Crippen LogP contribution in [0.3, 0.4) is 0 Å². The largest absolute Gasteiger partial charge is 0.356 e. The minimum Gasteiger partial charge on any atom is -0.356 e. The molecule has 0 aliphatic rings. The number of nitrogens with one attached hydrogen (secondary N) is 1. The van der Waals surface area contributed by atoms with Gasteiger partial charge in [0, 0.05) is 19.3 Å². The van der Waals surface area contributed by atoms with Crippen molar-refractivity contribution in [3.05, 3.63) is 11.9 Å². The van der Waals surface area contributed by atoms with Crippen molar-refractivity contribution < 1.29 is 0 Å². The number of nitrogens with zero attached hydrogens (tertiary/aromatic N) is 2. The summed E-state index contributed by atoms with van der Waals surface area (Å²) in [4.78, 5) is 4.50. The molecule has 1 aromatic rings. The Morgan fingerprint density at radius 3 is 2.26 bits per heavy atom. The van der Waals surface area contributed by atoms with E-state index >= 15 is 0 Å². The predicted octanol–water partition coefficient (Wildman–Crippen LogP) is 4.76. The number of hydrogen-bond acceptors (Lipinski definition) is 2. The van der Waals surface area contributed by atoms with E-state index in [1.165, 1.54) is 51.4 Å². The van der Waals surface area contributed by atoms with Gasteiger partial charge in [0.05, 0.1) is 5.69 Å². The first-order chi connectivity index (χ1) is 9.27. The third-order valence-corrected chi connectivity index (χ3v) is 3.55. The minimum atomic E-state index is 0.987. The molecule has 0 saturated carbocycles. The number of aryl methyl sites for hydroxylation is 2. The van der Waals surface area contributed by atoms with Crippen molar-refractivity contribution in [3.63, 3.8) is 0 Å². The first-order valence-corrected chi connectivity index (χ1v) is 8.05. The van der Waals surface area contributed by atoms with Crippen LogP contribution in [-0.2, 0) is 6.54 Å².